The van der Waals surface area contributed by atoms with Crippen molar-refractivity contribution in [1.29, 1.82) is 0 Å². The summed E-state index contributed by atoms with van der Waals surface area (Å²) in [5, 5.41) is 12.9. The van der Waals surface area contributed by atoms with Crippen molar-refractivity contribution in [3.8, 4) is 0 Å². The van der Waals surface area contributed by atoms with Crippen LogP contribution in [0.5, 0.6) is 0 Å². The number of anilines is 1. The van der Waals surface area contributed by atoms with E-state index < -0.39 is 26.6 Å². The van der Waals surface area contributed by atoms with Crippen molar-refractivity contribution < 1.29 is 22.7 Å². The number of amides is 1. The molecule has 4 rings (SSSR count). The lowest BCUT2D eigenvalue weighted by molar-refractivity contribution is -0.0466. The van der Waals surface area contributed by atoms with Gasteiger partial charge in [-0.1, -0.05) is 18.5 Å². The maximum atomic E-state index is 13.5. The average Bonchev–Trinajstić information content (AvgIpc) is 2.84. The lowest BCUT2D eigenvalue weighted by Gasteiger charge is -2.40. The van der Waals surface area contributed by atoms with E-state index in [-0.39, 0.29) is 39.1 Å². The first-order chi connectivity index (χ1) is 14.9. The van der Waals surface area contributed by atoms with E-state index in [0.717, 1.165) is 6.42 Å². The van der Waals surface area contributed by atoms with Crippen molar-refractivity contribution in [2.45, 2.75) is 55.8 Å². The number of halogens is 2. The molecule has 5 atom stereocenters. The van der Waals surface area contributed by atoms with E-state index in [0.29, 0.717) is 24.1 Å². The molecule has 172 valence electrons. The molecule has 0 spiro atoms. The summed E-state index contributed by atoms with van der Waals surface area (Å²) in [4.78, 5) is 12.7. The molecule has 2 bridgehead atoms. The molecule has 0 heterocycles. The Hall–Kier alpha value is -1.96. The van der Waals surface area contributed by atoms with E-state index in [1.807, 2.05) is 6.92 Å². The molecule has 2 aliphatic carbocycles. The van der Waals surface area contributed by atoms with Crippen molar-refractivity contribution in [2.75, 3.05) is 5.32 Å². The Labute approximate surface area is 192 Å². The predicted octanol–water partition coefficient (Wildman–Crippen LogP) is 5.00. The fourth-order valence-corrected chi connectivity index (χ4v) is 7.83. The molecule has 0 aliphatic heterocycles. The fraction of sp³-hybridized carbons (Fsp3) is 0.458. The van der Waals surface area contributed by atoms with Gasteiger partial charge in [0, 0.05) is 11.3 Å². The Bertz CT molecular complexity index is 1180. The third-order valence-corrected chi connectivity index (χ3v) is 9.99. The van der Waals surface area contributed by atoms with Gasteiger partial charge in [-0.3, -0.25) is 4.79 Å². The normalized spacial score (nSPS) is 29.7. The van der Waals surface area contributed by atoms with Gasteiger partial charge in [-0.15, -0.1) is 0 Å². The SMILES string of the molecule is Cc1cc(NC(=O)c2ccc(Cl)c(S(=O)(=O)C3CC4C[C@H](C)C(C3)[C@]4(C)O)c2)ccc1F. The van der Waals surface area contributed by atoms with Crippen molar-refractivity contribution >= 4 is 33.0 Å². The number of hydrogen-bond donors (Lipinski definition) is 2. The summed E-state index contributed by atoms with van der Waals surface area (Å²) >= 11 is 6.27. The van der Waals surface area contributed by atoms with E-state index in [4.69, 9.17) is 11.6 Å². The van der Waals surface area contributed by atoms with Gasteiger partial charge in [0.15, 0.2) is 9.84 Å². The highest BCUT2D eigenvalue weighted by Crippen LogP contribution is 2.54. The van der Waals surface area contributed by atoms with Gasteiger partial charge in [-0.05, 0) is 92.8 Å². The zero-order chi connectivity index (χ0) is 23.4. The molecule has 3 unspecified atom stereocenters. The van der Waals surface area contributed by atoms with Crippen LogP contribution in [-0.4, -0.2) is 30.3 Å². The van der Waals surface area contributed by atoms with Crippen molar-refractivity contribution in [1.82, 2.24) is 0 Å². The number of carbonyl (C=O) groups is 1. The second-order valence-electron chi connectivity index (χ2n) is 9.44. The third-order valence-electron chi connectivity index (χ3n) is 7.34. The molecule has 2 aromatic rings. The van der Waals surface area contributed by atoms with Crippen LogP contribution in [0.1, 0.15) is 49.0 Å². The molecular weight excluding hydrogens is 453 g/mol. The maximum Gasteiger partial charge on any atom is 0.255 e. The van der Waals surface area contributed by atoms with Gasteiger partial charge in [0.25, 0.3) is 5.91 Å². The topological polar surface area (TPSA) is 83.5 Å². The van der Waals surface area contributed by atoms with Crippen LogP contribution in [0.25, 0.3) is 0 Å². The lowest BCUT2D eigenvalue weighted by Crippen LogP contribution is -2.46. The van der Waals surface area contributed by atoms with Crippen molar-refractivity contribution in [3.05, 3.63) is 58.4 Å². The van der Waals surface area contributed by atoms with Gasteiger partial charge >= 0.3 is 0 Å². The summed E-state index contributed by atoms with van der Waals surface area (Å²) in [7, 11) is -3.81. The molecule has 0 aromatic heterocycles. The van der Waals surface area contributed by atoms with Crippen LogP contribution in [0.3, 0.4) is 0 Å². The van der Waals surface area contributed by atoms with E-state index in [1.165, 1.54) is 36.4 Å². The lowest BCUT2D eigenvalue weighted by atomic mass is 9.74. The number of nitrogens with one attached hydrogen (secondary N) is 1. The minimum atomic E-state index is -3.81. The largest absolute Gasteiger partial charge is 0.390 e. The summed E-state index contributed by atoms with van der Waals surface area (Å²) in [5.41, 5.74) is 0.0891. The number of aryl methyl sites for hydroxylation is 1. The minimum Gasteiger partial charge on any atom is -0.390 e. The van der Waals surface area contributed by atoms with E-state index in [9.17, 15) is 22.7 Å². The van der Waals surface area contributed by atoms with Crippen molar-refractivity contribution in [2.24, 2.45) is 17.8 Å². The third kappa shape index (κ3) is 3.95. The van der Waals surface area contributed by atoms with Gasteiger partial charge in [0.2, 0.25) is 0 Å². The second-order valence-corrected chi connectivity index (χ2v) is 12.0. The molecule has 1 amide bonds. The van der Waals surface area contributed by atoms with Gasteiger partial charge in [-0.2, -0.15) is 0 Å². The zero-order valence-electron chi connectivity index (χ0n) is 18.2. The molecule has 2 saturated carbocycles. The highest BCUT2D eigenvalue weighted by atomic mass is 35.5. The Balaban J connectivity index is 1.61. The Morgan fingerprint density at radius 3 is 2.56 bits per heavy atom. The average molecular weight is 480 g/mol. The highest BCUT2D eigenvalue weighted by Gasteiger charge is 2.56. The minimum absolute atomic E-state index is 0.0666. The quantitative estimate of drug-likeness (QED) is 0.646. The van der Waals surface area contributed by atoms with E-state index in [1.54, 1.807) is 6.92 Å². The summed E-state index contributed by atoms with van der Waals surface area (Å²) in [6.07, 6.45) is 1.54. The highest BCUT2D eigenvalue weighted by molar-refractivity contribution is 7.92. The molecular formula is C24H27ClFNO4S. The first kappa shape index (κ1) is 23.2. The molecule has 0 radical (unpaired) electrons. The number of hydrogen-bond acceptors (Lipinski definition) is 4. The Morgan fingerprint density at radius 2 is 1.91 bits per heavy atom. The molecule has 2 fully saturated rings. The fourth-order valence-electron chi connectivity index (χ4n) is 5.45. The smallest absolute Gasteiger partial charge is 0.255 e. The van der Waals surface area contributed by atoms with Crippen LogP contribution < -0.4 is 5.32 Å². The van der Waals surface area contributed by atoms with Crippen LogP contribution in [0, 0.1) is 30.5 Å². The number of aliphatic hydroxyl groups is 1. The summed E-state index contributed by atoms with van der Waals surface area (Å²) in [6, 6.07) is 8.39. The molecule has 2 N–H and O–H groups in total. The number of sulfone groups is 1. The van der Waals surface area contributed by atoms with Gasteiger partial charge in [0.1, 0.15) is 5.82 Å². The molecule has 2 aromatic carbocycles. The molecule has 8 heteroatoms. The Morgan fingerprint density at radius 1 is 1.19 bits per heavy atom. The molecule has 5 nitrogen and oxygen atoms in total. The molecule has 32 heavy (non-hydrogen) atoms. The predicted molar refractivity (Wildman–Crippen MR) is 122 cm³/mol. The number of fused-ring (bicyclic) bond motifs is 2. The van der Waals surface area contributed by atoms with Gasteiger partial charge in [0.05, 0.1) is 20.8 Å². The first-order valence-electron chi connectivity index (χ1n) is 10.7. The molecule has 2 aliphatic rings. The second kappa shape index (κ2) is 8.12. The summed E-state index contributed by atoms with van der Waals surface area (Å²) in [6.45, 7) is 5.46. The number of benzene rings is 2. The van der Waals surface area contributed by atoms with Crippen LogP contribution in [0.15, 0.2) is 41.3 Å². The maximum absolute atomic E-state index is 13.5. The summed E-state index contributed by atoms with van der Waals surface area (Å²) < 4.78 is 40.5. The van der Waals surface area contributed by atoms with Crippen LogP contribution in [0.4, 0.5) is 10.1 Å². The number of carbonyl (C=O) groups excluding carboxylic acids is 1. The molecule has 0 saturated heterocycles. The first-order valence-corrected chi connectivity index (χ1v) is 12.7. The zero-order valence-corrected chi connectivity index (χ0v) is 19.8. The van der Waals surface area contributed by atoms with Crippen LogP contribution in [-0.2, 0) is 9.84 Å². The van der Waals surface area contributed by atoms with E-state index >= 15 is 0 Å². The van der Waals surface area contributed by atoms with Crippen LogP contribution >= 0.6 is 11.6 Å². The Kier molecular flexibility index (Phi) is 5.89. The van der Waals surface area contributed by atoms with Gasteiger partial charge in [-0.25, -0.2) is 12.8 Å². The summed E-state index contributed by atoms with van der Waals surface area (Å²) in [5.74, 6) is -0.806. The number of rotatable bonds is 4. The van der Waals surface area contributed by atoms with E-state index in [2.05, 4.69) is 12.2 Å². The van der Waals surface area contributed by atoms with Crippen molar-refractivity contribution in [3.63, 3.8) is 0 Å². The van der Waals surface area contributed by atoms with Gasteiger partial charge < -0.3 is 10.4 Å². The monoisotopic (exact) mass is 479 g/mol. The van der Waals surface area contributed by atoms with Crippen LogP contribution in [0.2, 0.25) is 5.02 Å². The standard InChI is InChI=1S/C24H27ClFNO4S/c1-13-8-16-11-18(12-19(13)24(16,3)29)32(30,31)22-10-15(4-6-20(22)25)23(28)27-17-5-7-21(26)14(2)9-17/h4-7,9-10,13,16,18-19,29H,8,11-12H2,1-3H3,(H,27,28)/t13-,16?,18?,19?,24+/m0/s1.